The fourth-order valence-corrected chi connectivity index (χ4v) is 3.82. The van der Waals surface area contributed by atoms with E-state index >= 15 is 0 Å². The van der Waals surface area contributed by atoms with Crippen LogP contribution in [0.4, 0.5) is 13.2 Å². The van der Waals surface area contributed by atoms with Gasteiger partial charge in [0.2, 0.25) is 0 Å². The summed E-state index contributed by atoms with van der Waals surface area (Å²) in [6.45, 7) is 0. The first-order valence-corrected chi connectivity index (χ1v) is 9.80. The van der Waals surface area contributed by atoms with Crippen molar-refractivity contribution in [2.75, 3.05) is 6.26 Å². The molecular weight excluding hydrogens is 379 g/mol. The highest BCUT2D eigenvalue weighted by atomic mass is 32.2. The second-order valence-corrected chi connectivity index (χ2v) is 8.38. The molecule has 0 spiro atoms. The quantitative estimate of drug-likeness (QED) is 0.518. The second-order valence-electron chi connectivity index (χ2n) is 6.37. The van der Waals surface area contributed by atoms with Gasteiger partial charge >= 0.3 is 6.18 Å². The van der Waals surface area contributed by atoms with E-state index in [1.54, 1.807) is 34.6 Å². The predicted molar refractivity (Wildman–Crippen MR) is 95.7 cm³/mol. The van der Waals surface area contributed by atoms with Gasteiger partial charge in [-0.15, -0.1) is 0 Å². The SMILES string of the molecule is Cn1cc2c(n1)c1cc(S(C)(=O)=O)ccc1n2-c1ccc(C(F)(F)F)cc1. The van der Waals surface area contributed by atoms with Crippen LogP contribution in [0.5, 0.6) is 0 Å². The van der Waals surface area contributed by atoms with Gasteiger partial charge in [-0.3, -0.25) is 4.68 Å². The fourth-order valence-electron chi connectivity index (χ4n) is 3.17. The lowest BCUT2D eigenvalue weighted by atomic mass is 10.2. The van der Waals surface area contributed by atoms with Gasteiger partial charge in [-0.25, -0.2) is 8.42 Å². The molecule has 0 saturated carbocycles. The number of aromatic nitrogens is 3. The van der Waals surface area contributed by atoms with E-state index in [0.717, 1.165) is 18.4 Å². The summed E-state index contributed by atoms with van der Waals surface area (Å²) < 4.78 is 65.7. The molecule has 0 aliphatic heterocycles. The molecule has 0 fully saturated rings. The molecule has 0 saturated heterocycles. The fraction of sp³-hybridized carbons (Fsp3) is 0.167. The monoisotopic (exact) mass is 393 g/mol. The maximum Gasteiger partial charge on any atom is 0.416 e. The third kappa shape index (κ3) is 2.87. The van der Waals surface area contributed by atoms with Crippen LogP contribution < -0.4 is 0 Å². The number of halogens is 3. The van der Waals surface area contributed by atoms with Gasteiger partial charge in [0.15, 0.2) is 9.84 Å². The highest BCUT2D eigenvalue weighted by Crippen LogP contribution is 2.34. The van der Waals surface area contributed by atoms with Crippen LogP contribution in [-0.4, -0.2) is 29.0 Å². The average molecular weight is 393 g/mol. The van der Waals surface area contributed by atoms with Crippen molar-refractivity contribution in [3.05, 3.63) is 54.2 Å². The van der Waals surface area contributed by atoms with Gasteiger partial charge in [0.1, 0.15) is 5.52 Å². The number of rotatable bonds is 2. The van der Waals surface area contributed by atoms with Crippen LogP contribution in [0.25, 0.3) is 27.6 Å². The standard InChI is InChI=1S/C18H14F3N3O2S/c1-23-10-16-17(22-23)14-9-13(27(2,25)26)7-8-15(14)24(16)12-5-3-11(4-6-12)18(19,20)21/h3-10H,1-2H3. The molecule has 2 heterocycles. The predicted octanol–water partition coefficient (Wildman–Crippen LogP) is 3.94. The Morgan fingerprint density at radius 1 is 1.00 bits per heavy atom. The molecule has 4 aromatic rings. The van der Waals surface area contributed by atoms with Gasteiger partial charge in [0.25, 0.3) is 0 Å². The van der Waals surface area contributed by atoms with Gasteiger partial charge in [-0.2, -0.15) is 18.3 Å². The second kappa shape index (κ2) is 5.59. The zero-order chi connectivity index (χ0) is 19.6. The third-order valence-electron chi connectivity index (χ3n) is 4.40. The number of hydrogen-bond donors (Lipinski definition) is 0. The molecule has 4 rings (SSSR count). The minimum absolute atomic E-state index is 0.159. The maximum absolute atomic E-state index is 12.9. The summed E-state index contributed by atoms with van der Waals surface area (Å²) >= 11 is 0. The van der Waals surface area contributed by atoms with E-state index in [0.29, 0.717) is 27.6 Å². The van der Waals surface area contributed by atoms with E-state index in [9.17, 15) is 21.6 Å². The molecule has 0 unspecified atom stereocenters. The Kier molecular flexibility index (Phi) is 3.64. The van der Waals surface area contributed by atoms with Crippen LogP contribution in [-0.2, 0) is 23.1 Å². The first-order chi connectivity index (χ1) is 12.6. The molecule has 0 aliphatic rings. The first kappa shape index (κ1) is 17.6. The number of fused-ring (bicyclic) bond motifs is 3. The Morgan fingerprint density at radius 3 is 2.26 bits per heavy atom. The van der Waals surface area contributed by atoms with Crippen LogP contribution in [0.1, 0.15) is 5.56 Å². The molecule has 27 heavy (non-hydrogen) atoms. The van der Waals surface area contributed by atoms with Gasteiger partial charge in [-0.1, -0.05) is 0 Å². The zero-order valence-electron chi connectivity index (χ0n) is 14.3. The van der Waals surface area contributed by atoms with Crippen molar-refractivity contribution in [1.29, 1.82) is 0 Å². The molecule has 2 aromatic heterocycles. The van der Waals surface area contributed by atoms with Crippen LogP contribution >= 0.6 is 0 Å². The summed E-state index contributed by atoms with van der Waals surface area (Å²) in [6.07, 6.45) is -1.55. The van der Waals surface area contributed by atoms with Gasteiger partial charge < -0.3 is 4.57 Å². The van der Waals surface area contributed by atoms with Crippen molar-refractivity contribution in [1.82, 2.24) is 14.3 Å². The van der Waals surface area contributed by atoms with Gasteiger partial charge in [0.05, 0.1) is 21.5 Å². The summed E-state index contributed by atoms with van der Waals surface area (Å²) in [5, 5.41) is 5.01. The van der Waals surface area contributed by atoms with E-state index in [2.05, 4.69) is 5.10 Å². The van der Waals surface area contributed by atoms with Crippen LogP contribution in [0.2, 0.25) is 0 Å². The molecule has 2 aromatic carbocycles. The molecule has 0 radical (unpaired) electrons. The summed E-state index contributed by atoms with van der Waals surface area (Å²) in [4.78, 5) is 0.159. The summed E-state index contributed by atoms with van der Waals surface area (Å²) in [5.41, 5.74) is 1.73. The minimum atomic E-state index is -4.41. The van der Waals surface area contributed by atoms with E-state index in [-0.39, 0.29) is 4.90 Å². The van der Waals surface area contributed by atoms with Crippen LogP contribution in [0, 0.1) is 0 Å². The highest BCUT2D eigenvalue weighted by Gasteiger charge is 2.30. The summed E-state index contributed by atoms with van der Waals surface area (Å²) in [7, 11) is -1.68. The van der Waals surface area contributed by atoms with Gasteiger partial charge in [-0.05, 0) is 42.5 Å². The topological polar surface area (TPSA) is 56.9 Å². The van der Waals surface area contributed by atoms with Crippen molar-refractivity contribution in [3.63, 3.8) is 0 Å². The third-order valence-corrected chi connectivity index (χ3v) is 5.51. The Hall–Kier alpha value is -2.81. The molecule has 140 valence electrons. The van der Waals surface area contributed by atoms with Crippen molar-refractivity contribution in [2.24, 2.45) is 7.05 Å². The number of aryl methyl sites for hydroxylation is 1. The van der Waals surface area contributed by atoms with Crippen LogP contribution in [0.15, 0.2) is 53.6 Å². The average Bonchev–Trinajstić information content (AvgIpc) is 3.07. The smallest absolute Gasteiger partial charge is 0.306 e. The lowest BCUT2D eigenvalue weighted by Gasteiger charge is -2.10. The Balaban J connectivity index is 2.01. The number of nitrogens with zero attached hydrogens (tertiary/aromatic N) is 3. The lowest BCUT2D eigenvalue weighted by Crippen LogP contribution is -2.05. The van der Waals surface area contributed by atoms with Crippen molar-refractivity contribution >= 4 is 31.8 Å². The van der Waals surface area contributed by atoms with Crippen molar-refractivity contribution in [2.45, 2.75) is 11.1 Å². The van der Waals surface area contributed by atoms with Crippen molar-refractivity contribution in [3.8, 4) is 5.69 Å². The molecule has 0 atom stereocenters. The number of hydrogen-bond acceptors (Lipinski definition) is 3. The van der Waals surface area contributed by atoms with E-state index < -0.39 is 21.6 Å². The zero-order valence-corrected chi connectivity index (χ0v) is 15.1. The molecular formula is C18H14F3N3O2S. The molecule has 0 aliphatic carbocycles. The molecule has 0 bridgehead atoms. The summed E-state index contributed by atoms with van der Waals surface area (Å²) in [6, 6.07) is 9.49. The van der Waals surface area contributed by atoms with E-state index in [4.69, 9.17) is 0 Å². The van der Waals surface area contributed by atoms with Gasteiger partial charge in [0, 0.05) is 30.6 Å². The summed E-state index contributed by atoms with van der Waals surface area (Å²) in [5.74, 6) is 0. The molecule has 5 nitrogen and oxygen atoms in total. The van der Waals surface area contributed by atoms with Crippen molar-refractivity contribution < 1.29 is 21.6 Å². The largest absolute Gasteiger partial charge is 0.416 e. The highest BCUT2D eigenvalue weighted by molar-refractivity contribution is 7.90. The molecule has 0 amide bonds. The first-order valence-electron chi connectivity index (χ1n) is 7.91. The molecule has 0 N–H and O–H groups in total. The molecule has 9 heteroatoms. The Morgan fingerprint density at radius 2 is 1.67 bits per heavy atom. The number of benzene rings is 2. The Labute approximate surface area is 152 Å². The normalized spacial score (nSPS) is 12.9. The number of alkyl halides is 3. The maximum atomic E-state index is 12.9. The van der Waals surface area contributed by atoms with E-state index in [1.165, 1.54) is 18.2 Å². The van der Waals surface area contributed by atoms with Crippen LogP contribution in [0.3, 0.4) is 0 Å². The minimum Gasteiger partial charge on any atom is -0.306 e. The number of sulfone groups is 1. The Bertz CT molecular complexity index is 1280. The lowest BCUT2D eigenvalue weighted by molar-refractivity contribution is -0.137. The van der Waals surface area contributed by atoms with E-state index in [1.807, 2.05) is 0 Å².